The predicted molar refractivity (Wildman–Crippen MR) is 87.3 cm³/mol. The second-order valence-electron chi connectivity index (χ2n) is 5.88. The van der Waals surface area contributed by atoms with Gasteiger partial charge in [-0.05, 0) is 31.4 Å². The van der Waals surface area contributed by atoms with Gasteiger partial charge in [0.25, 0.3) is 0 Å². The third-order valence-electron chi connectivity index (χ3n) is 3.81. The Balaban J connectivity index is 2.07. The fourth-order valence-electron chi connectivity index (χ4n) is 2.24. The predicted octanol–water partition coefficient (Wildman–Crippen LogP) is 2.45. The van der Waals surface area contributed by atoms with Crippen molar-refractivity contribution in [3.8, 4) is 0 Å². The molecule has 122 valence electrons. The monoisotopic (exact) mass is 315 g/mol. The van der Waals surface area contributed by atoms with Gasteiger partial charge in [-0.1, -0.05) is 31.2 Å². The Labute approximate surface area is 135 Å². The number of aromatic nitrogens is 2. The molecule has 0 bridgehead atoms. The van der Waals surface area contributed by atoms with E-state index in [1.54, 1.807) is 13.8 Å². The van der Waals surface area contributed by atoms with E-state index in [-0.39, 0.29) is 12.3 Å². The first-order valence-electron chi connectivity index (χ1n) is 7.49. The van der Waals surface area contributed by atoms with Crippen LogP contribution in [0.3, 0.4) is 0 Å². The molecule has 6 heteroatoms. The van der Waals surface area contributed by atoms with Crippen LogP contribution in [0.5, 0.6) is 0 Å². The molecule has 0 aliphatic carbocycles. The summed E-state index contributed by atoms with van der Waals surface area (Å²) in [4.78, 5) is 23.4. The summed E-state index contributed by atoms with van der Waals surface area (Å²) < 4.78 is 1.32. The van der Waals surface area contributed by atoms with E-state index < -0.39 is 11.5 Å². The van der Waals surface area contributed by atoms with Gasteiger partial charge in [0.05, 0.1) is 18.3 Å². The molecule has 0 aliphatic rings. The quantitative estimate of drug-likeness (QED) is 0.857. The molecule has 0 aliphatic heterocycles. The molecule has 0 atom stereocenters. The minimum atomic E-state index is -1.17. The van der Waals surface area contributed by atoms with Crippen molar-refractivity contribution in [2.75, 3.05) is 5.32 Å². The zero-order valence-electron chi connectivity index (χ0n) is 13.5. The summed E-state index contributed by atoms with van der Waals surface area (Å²) in [6.45, 7) is 5.14. The lowest BCUT2D eigenvalue weighted by molar-refractivity contribution is -0.146. The Morgan fingerprint density at radius 1 is 1.26 bits per heavy atom. The highest BCUT2D eigenvalue weighted by Gasteiger charge is 2.30. The van der Waals surface area contributed by atoms with Crippen LogP contribution < -0.4 is 5.32 Å². The van der Waals surface area contributed by atoms with Gasteiger partial charge in [0.15, 0.2) is 5.54 Å². The number of amides is 1. The third-order valence-corrected chi connectivity index (χ3v) is 3.81. The fourth-order valence-corrected chi connectivity index (χ4v) is 2.24. The van der Waals surface area contributed by atoms with Crippen molar-refractivity contribution >= 4 is 17.6 Å². The van der Waals surface area contributed by atoms with Crippen molar-refractivity contribution < 1.29 is 14.7 Å². The second kappa shape index (κ2) is 6.64. The number of carbonyl (C=O) groups is 2. The molecule has 0 radical (unpaired) electrons. The van der Waals surface area contributed by atoms with E-state index in [2.05, 4.69) is 17.3 Å². The summed E-state index contributed by atoms with van der Waals surface area (Å²) >= 11 is 0. The zero-order valence-corrected chi connectivity index (χ0v) is 13.5. The Bertz CT molecular complexity index is 719. The highest BCUT2D eigenvalue weighted by atomic mass is 16.4. The van der Waals surface area contributed by atoms with Gasteiger partial charge in [-0.2, -0.15) is 5.10 Å². The summed E-state index contributed by atoms with van der Waals surface area (Å²) in [6, 6.07) is 7.82. The van der Waals surface area contributed by atoms with Gasteiger partial charge in [0.1, 0.15) is 0 Å². The van der Waals surface area contributed by atoms with Crippen LogP contribution in [0.1, 0.15) is 31.9 Å². The molecule has 1 aromatic heterocycles. The first kappa shape index (κ1) is 16.7. The second-order valence-corrected chi connectivity index (χ2v) is 5.88. The van der Waals surface area contributed by atoms with Gasteiger partial charge in [-0.25, -0.2) is 4.79 Å². The van der Waals surface area contributed by atoms with Gasteiger partial charge >= 0.3 is 5.97 Å². The van der Waals surface area contributed by atoms with Crippen molar-refractivity contribution in [1.29, 1.82) is 0 Å². The summed E-state index contributed by atoms with van der Waals surface area (Å²) in [7, 11) is 0. The van der Waals surface area contributed by atoms with E-state index >= 15 is 0 Å². The minimum Gasteiger partial charge on any atom is -0.479 e. The lowest BCUT2D eigenvalue weighted by atomic mass is 10.0. The molecular formula is C17H21N3O3. The number of rotatable bonds is 6. The molecule has 2 N–H and O–H groups in total. The number of nitrogens with one attached hydrogen (secondary N) is 1. The van der Waals surface area contributed by atoms with Crippen LogP contribution in [0.2, 0.25) is 0 Å². The molecule has 0 unspecified atom stereocenters. The van der Waals surface area contributed by atoms with Crippen molar-refractivity contribution in [2.45, 2.75) is 39.2 Å². The van der Waals surface area contributed by atoms with Gasteiger partial charge in [-0.3, -0.25) is 9.48 Å². The molecule has 23 heavy (non-hydrogen) atoms. The molecular weight excluding hydrogens is 294 g/mol. The first-order valence-corrected chi connectivity index (χ1v) is 7.49. The molecule has 0 saturated carbocycles. The number of aryl methyl sites for hydroxylation is 1. The molecule has 0 saturated heterocycles. The molecule has 2 aromatic rings. The Morgan fingerprint density at radius 3 is 2.52 bits per heavy atom. The van der Waals surface area contributed by atoms with Gasteiger partial charge in [-0.15, -0.1) is 0 Å². The topological polar surface area (TPSA) is 84.2 Å². The smallest absolute Gasteiger partial charge is 0.331 e. The maximum absolute atomic E-state index is 12.2. The van der Waals surface area contributed by atoms with Crippen LogP contribution in [-0.4, -0.2) is 26.8 Å². The normalized spacial score (nSPS) is 11.3. The SMILES string of the molecule is CCc1ccccc1CC(=O)Nc1cnn(C(C)(C)C(=O)O)c1. The number of carboxylic acids is 1. The van der Waals surface area contributed by atoms with Crippen LogP contribution in [0.25, 0.3) is 0 Å². The molecule has 0 spiro atoms. The highest BCUT2D eigenvalue weighted by molar-refractivity contribution is 5.92. The summed E-state index contributed by atoms with van der Waals surface area (Å²) in [6.07, 6.45) is 4.12. The lowest BCUT2D eigenvalue weighted by Crippen LogP contribution is -2.35. The molecule has 1 heterocycles. The number of benzene rings is 1. The summed E-state index contributed by atoms with van der Waals surface area (Å²) in [5.74, 6) is -1.14. The number of hydrogen-bond donors (Lipinski definition) is 2. The average Bonchev–Trinajstić information content (AvgIpc) is 2.96. The molecule has 1 amide bonds. The van der Waals surface area contributed by atoms with Crippen LogP contribution in [0, 0.1) is 0 Å². The number of anilines is 1. The maximum atomic E-state index is 12.2. The highest BCUT2D eigenvalue weighted by Crippen LogP contribution is 2.18. The fraction of sp³-hybridized carbons (Fsp3) is 0.353. The van der Waals surface area contributed by atoms with Crippen LogP contribution in [-0.2, 0) is 28.0 Å². The Morgan fingerprint density at radius 2 is 1.91 bits per heavy atom. The summed E-state index contributed by atoms with van der Waals surface area (Å²) in [5.41, 5.74) is 1.45. The molecule has 1 aromatic carbocycles. The van der Waals surface area contributed by atoms with Crippen LogP contribution >= 0.6 is 0 Å². The Hall–Kier alpha value is -2.63. The van der Waals surface area contributed by atoms with E-state index in [1.807, 2.05) is 24.3 Å². The van der Waals surface area contributed by atoms with Crippen molar-refractivity contribution in [3.63, 3.8) is 0 Å². The Kier molecular flexibility index (Phi) is 4.83. The number of hydrogen-bond acceptors (Lipinski definition) is 3. The molecule has 2 rings (SSSR count). The van der Waals surface area contributed by atoms with Crippen molar-refractivity contribution in [2.24, 2.45) is 0 Å². The number of carboxylic acid groups (broad SMARTS) is 1. The number of carbonyl (C=O) groups excluding carboxylic acids is 1. The maximum Gasteiger partial charge on any atom is 0.331 e. The van der Waals surface area contributed by atoms with E-state index in [1.165, 1.54) is 17.1 Å². The average molecular weight is 315 g/mol. The van der Waals surface area contributed by atoms with Gasteiger partial charge < -0.3 is 10.4 Å². The largest absolute Gasteiger partial charge is 0.479 e. The minimum absolute atomic E-state index is 0.154. The number of nitrogens with zero attached hydrogens (tertiary/aromatic N) is 2. The van der Waals surface area contributed by atoms with Gasteiger partial charge in [0, 0.05) is 6.20 Å². The molecule has 6 nitrogen and oxygen atoms in total. The summed E-state index contributed by atoms with van der Waals surface area (Å²) in [5, 5.41) is 16.0. The lowest BCUT2D eigenvalue weighted by Gasteiger charge is -2.19. The van der Waals surface area contributed by atoms with E-state index in [0.717, 1.165) is 17.5 Å². The van der Waals surface area contributed by atoms with Crippen molar-refractivity contribution in [3.05, 3.63) is 47.8 Å². The number of aliphatic carboxylic acids is 1. The standard InChI is InChI=1S/C17H21N3O3/c1-4-12-7-5-6-8-13(12)9-15(21)19-14-10-18-20(11-14)17(2,3)16(22)23/h5-8,10-11H,4,9H2,1-3H3,(H,19,21)(H,22,23). The molecule has 0 fully saturated rings. The van der Waals surface area contributed by atoms with Crippen LogP contribution in [0.4, 0.5) is 5.69 Å². The third kappa shape index (κ3) is 3.77. The van der Waals surface area contributed by atoms with Crippen molar-refractivity contribution in [1.82, 2.24) is 9.78 Å². The first-order chi connectivity index (χ1) is 10.8. The van der Waals surface area contributed by atoms with E-state index in [9.17, 15) is 14.7 Å². The van der Waals surface area contributed by atoms with E-state index in [4.69, 9.17) is 0 Å². The van der Waals surface area contributed by atoms with Crippen LogP contribution in [0.15, 0.2) is 36.7 Å². The van der Waals surface area contributed by atoms with E-state index in [0.29, 0.717) is 5.69 Å². The zero-order chi connectivity index (χ0) is 17.0. The van der Waals surface area contributed by atoms with Gasteiger partial charge in [0.2, 0.25) is 5.91 Å².